The number of carboxylic acid groups (broad SMARTS) is 2. The van der Waals surface area contributed by atoms with Crippen molar-refractivity contribution in [3.8, 4) is 116 Å². The van der Waals surface area contributed by atoms with E-state index in [2.05, 4.69) is 101 Å². The lowest BCUT2D eigenvalue weighted by Crippen LogP contribution is -2.21. The molecule has 3 unspecified atom stereocenters. The fourth-order valence-corrected chi connectivity index (χ4v) is 16.6. The molecule has 3 aliphatic heterocycles. The summed E-state index contributed by atoms with van der Waals surface area (Å²) in [5.74, 6) is -1.15. The van der Waals surface area contributed by atoms with Crippen LogP contribution in [0.5, 0.6) is 92.0 Å². The minimum absolute atomic E-state index is 0.0139. The molecule has 138 heavy (non-hydrogen) atoms. The second kappa shape index (κ2) is 46.0. The van der Waals surface area contributed by atoms with Gasteiger partial charge >= 0.3 is 35.0 Å². The third-order valence-corrected chi connectivity index (χ3v) is 22.7. The predicted molar refractivity (Wildman–Crippen MR) is 508 cm³/mol. The van der Waals surface area contributed by atoms with Crippen molar-refractivity contribution in [3.63, 3.8) is 0 Å². The standard InChI is InChI=1S/C20H16BrN3O5.C20H15BrN2O5.C19H14BrN3O5.C9H9BrO3.C9H10O4.C7H5NO3.C7H6O4.C3H2N2/c1-24-13-5-4-10-15(9-6-12(21)17(27-3)14(7-9)26-2)11(8-22)19(23)28-16(10)18(13)29-20(24)25;1-23-14-5-4-12-16(10-6-13(21)18(26-3)15(7-10)25-2)11(8-22)9-27-17(12)19(14)28-20(23)24;1-25-13-6-8(5-11(20)16(13)26-2)14-9-3-4-12-17(28-19(24)23-12)15(9)27-18(22)10(14)7-21;1-12-8-4-6(5-11)3-7(10)9(8)13-2;1-12-7-5-3-4-6(9(10)11)8(7)13-2;9-5-3-1-2-4-6(5)11-7(10)8-4;8-5-3-1-2-4(6(5)9)7(10)11;1-5-3-2-4/h4-7,15H,23H2,1-3H3;4-7,9,16H,1-3H3;3-6,14H,22H2,1-2H3,(H,23,24);3-5H,1-2H3;3-5H,1-2H3,(H,10,11);1-3,9H,(H,8,10);1-3,8-9H,(H,10,11);3H2. The first-order chi connectivity index (χ1) is 66.1. The first-order valence-corrected chi connectivity index (χ1v) is 42.4. The van der Waals surface area contributed by atoms with Crippen molar-refractivity contribution in [2.45, 2.75) is 17.8 Å². The van der Waals surface area contributed by atoms with E-state index >= 15 is 0 Å². The van der Waals surface area contributed by atoms with Crippen LogP contribution in [-0.4, -0.2) is 141 Å². The normalized spacial score (nSPS) is 13.1. The van der Waals surface area contributed by atoms with Crippen LogP contribution in [0.3, 0.4) is 0 Å². The minimum atomic E-state index is -1.27. The highest BCUT2D eigenvalue weighted by molar-refractivity contribution is 9.11. The number of ether oxygens (including phenoxy) is 13. The number of nitrogens with one attached hydrogen (secondary N) is 2. The molecule has 3 atom stereocenters. The topological polar surface area (TPSA) is 586 Å². The molecule has 10 aromatic carbocycles. The lowest BCUT2D eigenvalue weighted by atomic mass is 9.83. The molecular weight excluding hydrogens is 2070 g/mol. The van der Waals surface area contributed by atoms with Gasteiger partial charge in [0.1, 0.15) is 53.0 Å². The Morgan fingerprint density at radius 2 is 0.870 bits per heavy atom. The van der Waals surface area contributed by atoms with Crippen molar-refractivity contribution >= 4 is 126 Å². The number of aromatic carboxylic acids is 2. The molecule has 4 aromatic heterocycles. The van der Waals surface area contributed by atoms with Crippen LogP contribution < -0.4 is 96.1 Å². The second-order valence-electron chi connectivity index (χ2n) is 28.0. The number of nitrogens with two attached hydrogens (primary N) is 2. The van der Waals surface area contributed by atoms with Gasteiger partial charge in [-0.15, -0.1) is 0 Å². The molecule has 0 fully saturated rings. The highest BCUT2D eigenvalue weighted by atomic mass is 79.9. The van der Waals surface area contributed by atoms with Gasteiger partial charge in [0.2, 0.25) is 11.8 Å². The van der Waals surface area contributed by atoms with E-state index in [0.29, 0.717) is 137 Å². The highest BCUT2D eigenvalue weighted by Gasteiger charge is 2.38. The Hall–Kier alpha value is -17.1. The SMILES string of the molecule is COc1cc(C2C(C#N)=C(N)Oc3c2ccc2[nH]c(=O)oc32)cc(Br)c1OC.COc1cc(C2C(C#N)=C(N)Oc3c2ccc2c3oc(=O)n2C)cc(Br)c1OC.COc1cc(C2C(C#N)=COc3c2ccc2c3oc(=O)n2C)cc(Br)c1OC.COc1cc(C=O)cc(Br)c1OC.COc1cccc(C(=O)O)c1OC.O=C(O)c1cccc(O)c1O.O=c1[nH]c2cccc(O)c2o1.[C-]#[N+]CC#N. The second-order valence-corrected chi connectivity index (χ2v) is 31.4. The zero-order valence-electron chi connectivity index (χ0n) is 74.2. The zero-order valence-corrected chi connectivity index (χ0v) is 80.5. The number of aldehydes is 1. The molecule has 0 saturated carbocycles. The molecule has 0 bridgehead atoms. The summed E-state index contributed by atoms with van der Waals surface area (Å²) in [5.41, 5.74) is 20.9. The Balaban J connectivity index is 0.000000171. The van der Waals surface area contributed by atoms with Gasteiger partial charge in [-0.1, -0.05) is 36.4 Å². The van der Waals surface area contributed by atoms with E-state index in [9.17, 15) is 49.3 Å². The van der Waals surface area contributed by atoms with E-state index in [1.165, 1.54) is 88.4 Å². The van der Waals surface area contributed by atoms with Crippen LogP contribution >= 0.6 is 63.7 Å². The van der Waals surface area contributed by atoms with Crippen LogP contribution in [0, 0.1) is 51.9 Å². The Morgan fingerprint density at radius 3 is 1.28 bits per heavy atom. The van der Waals surface area contributed by atoms with Crippen molar-refractivity contribution in [2.75, 3.05) is 77.6 Å². The predicted octanol–water partition coefficient (Wildman–Crippen LogP) is 15.8. The molecule has 0 radical (unpaired) electrons. The van der Waals surface area contributed by atoms with Crippen molar-refractivity contribution < 1.29 is 119 Å². The number of aromatic hydroxyl groups is 3. The molecule has 3 aliphatic rings. The summed E-state index contributed by atoms with van der Waals surface area (Å²) < 4.78 is 95.6. The average Bonchev–Trinajstić information content (AvgIpc) is 1.44. The molecule has 11 N–H and O–H groups in total. The number of hydrogen-bond donors (Lipinski definition) is 9. The van der Waals surface area contributed by atoms with Crippen molar-refractivity contribution in [2.24, 2.45) is 25.6 Å². The largest absolute Gasteiger partial charge is 0.504 e. The van der Waals surface area contributed by atoms with Gasteiger partial charge in [0.05, 0.1) is 140 Å². The number of carboxylic acids is 2. The summed E-state index contributed by atoms with van der Waals surface area (Å²) in [7, 11) is 18.4. The van der Waals surface area contributed by atoms with Crippen LogP contribution in [0.1, 0.15) is 82.2 Å². The molecular formula is C94H77Br4N11O29. The number of fused-ring (bicyclic) bond motifs is 10. The number of rotatable bonds is 16. The van der Waals surface area contributed by atoms with Gasteiger partial charge in [-0.3, -0.25) is 23.9 Å². The lowest BCUT2D eigenvalue weighted by Gasteiger charge is -2.27. The molecule has 7 heterocycles. The Labute approximate surface area is 813 Å². The number of methoxy groups -OCH3 is 10. The Kier molecular flexibility index (Phi) is 34.3. The number of H-pyrrole nitrogens is 2. The van der Waals surface area contributed by atoms with E-state index < -0.39 is 64.2 Å². The summed E-state index contributed by atoms with van der Waals surface area (Å²) in [4.78, 5) is 85.4. The number of carbonyl (C=O) groups is 3. The quantitative estimate of drug-likeness (QED) is 0.0188. The first kappa shape index (κ1) is 103. The maximum atomic E-state index is 12.0. The van der Waals surface area contributed by atoms with Gasteiger partial charge in [0.15, 0.2) is 114 Å². The van der Waals surface area contributed by atoms with Gasteiger partial charge in [-0.2, -0.15) is 21.0 Å². The van der Waals surface area contributed by atoms with Gasteiger partial charge in [-0.25, -0.2) is 35.3 Å². The number of benzene rings is 10. The Morgan fingerprint density at radius 1 is 0.471 bits per heavy atom. The van der Waals surface area contributed by atoms with Gasteiger partial charge in [-0.05, 0) is 184 Å². The number of phenols is 3. The Bertz CT molecular complexity index is 7640. The van der Waals surface area contributed by atoms with Crippen LogP contribution in [-0.2, 0) is 14.1 Å². The number of nitriles is 4. The third kappa shape index (κ3) is 21.9. The number of halogens is 4. The monoisotopic (exact) mass is 2140 g/mol. The summed E-state index contributed by atoms with van der Waals surface area (Å²) >= 11 is 13.7. The molecule has 17 rings (SSSR count). The summed E-state index contributed by atoms with van der Waals surface area (Å²) in [5, 5.41) is 80.9. The molecule has 0 saturated heterocycles. The van der Waals surface area contributed by atoms with Gasteiger partial charge in [0.25, 0.3) is 6.54 Å². The van der Waals surface area contributed by atoms with Crippen molar-refractivity contribution in [1.82, 2.24) is 19.1 Å². The zero-order chi connectivity index (χ0) is 101. The molecule has 44 heteroatoms. The maximum absolute atomic E-state index is 12.0. The van der Waals surface area contributed by atoms with E-state index in [1.807, 2.05) is 30.3 Å². The summed E-state index contributed by atoms with van der Waals surface area (Å²) in [6, 6.07) is 46.2. The van der Waals surface area contributed by atoms with Crippen LogP contribution in [0.2, 0.25) is 0 Å². The molecule has 14 aromatic rings. The number of para-hydroxylation sites is 3. The number of aromatic nitrogens is 4. The highest BCUT2D eigenvalue weighted by Crippen LogP contribution is 2.52. The lowest BCUT2D eigenvalue weighted by molar-refractivity contribution is 0.0681. The van der Waals surface area contributed by atoms with E-state index in [-0.39, 0.29) is 68.8 Å². The maximum Gasteiger partial charge on any atom is 0.419 e. The van der Waals surface area contributed by atoms with Crippen molar-refractivity contribution in [1.29, 1.82) is 21.0 Å². The number of aromatic amines is 2. The van der Waals surface area contributed by atoms with Crippen molar-refractivity contribution in [3.05, 3.63) is 296 Å². The molecule has 710 valence electrons. The number of hydrogen-bond acceptors (Lipinski definition) is 33. The van der Waals surface area contributed by atoms with Gasteiger partial charge < -0.3 is 121 Å². The van der Waals surface area contributed by atoms with E-state index in [4.69, 9.17) is 124 Å². The van der Waals surface area contributed by atoms with E-state index in [0.717, 1.165) is 28.5 Å². The third-order valence-electron chi connectivity index (χ3n) is 20.3. The summed E-state index contributed by atoms with van der Waals surface area (Å²) in [6.45, 7) is 5.99. The number of aryl methyl sites for hydroxylation is 2. The van der Waals surface area contributed by atoms with Crippen LogP contribution in [0.25, 0.3) is 49.2 Å². The number of allylic oxidation sites excluding steroid dienone is 3. The fourth-order valence-electron chi connectivity index (χ4n) is 14.1. The summed E-state index contributed by atoms with van der Waals surface area (Å²) in [6.07, 6.45) is 2.15. The number of oxazole rings is 4. The molecule has 0 aliphatic carbocycles. The number of phenolic OH excluding ortho intramolecular Hbond substituents is 2. The molecule has 0 spiro atoms. The number of carbonyl (C=O) groups excluding carboxylic acids is 1. The van der Waals surface area contributed by atoms with Crippen LogP contribution in [0.15, 0.2) is 229 Å². The average molecular weight is 2140 g/mol. The van der Waals surface area contributed by atoms with Crippen LogP contribution in [0.4, 0.5) is 0 Å². The first-order valence-electron chi connectivity index (χ1n) is 39.3. The van der Waals surface area contributed by atoms with E-state index in [1.54, 1.807) is 127 Å². The fraction of sp³-hybridized carbons (Fsp3) is 0.170. The molecule has 40 nitrogen and oxygen atoms in total. The van der Waals surface area contributed by atoms with Gasteiger partial charge in [0, 0.05) is 36.3 Å². The smallest absolute Gasteiger partial charge is 0.419 e. The number of nitrogens with zero attached hydrogens (tertiary/aromatic N) is 7. The molecule has 0 amide bonds. The minimum Gasteiger partial charge on any atom is -0.504 e.